The van der Waals surface area contributed by atoms with Gasteiger partial charge < -0.3 is 14.1 Å². The number of ether oxygens (including phenoxy) is 1. The van der Waals surface area contributed by atoms with Crippen molar-refractivity contribution in [1.82, 2.24) is 14.6 Å². The molecule has 0 unspecified atom stereocenters. The van der Waals surface area contributed by atoms with E-state index in [-0.39, 0.29) is 29.9 Å². The Balaban J connectivity index is 1.63. The summed E-state index contributed by atoms with van der Waals surface area (Å²) >= 11 is 0. The number of oxazole rings is 1. The topological polar surface area (TPSA) is 102 Å². The Morgan fingerprint density at radius 2 is 2.29 bits per heavy atom. The first-order valence-electron chi connectivity index (χ1n) is 8.10. The van der Waals surface area contributed by atoms with E-state index in [2.05, 4.69) is 9.71 Å². The minimum Gasteiger partial charge on any atom is -0.438 e. The van der Waals surface area contributed by atoms with Gasteiger partial charge in [-0.05, 0) is 32.6 Å². The van der Waals surface area contributed by atoms with Gasteiger partial charge in [-0.2, -0.15) is 0 Å². The lowest BCUT2D eigenvalue weighted by atomic mass is 9.90. The summed E-state index contributed by atoms with van der Waals surface area (Å²) in [6.07, 6.45) is 5.66. The molecule has 1 spiro atoms. The largest absolute Gasteiger partial charge is 0.438 e. The minimum absolute atomic E-state index is 0.157. The summed E-state index contributed by atoms with van der Waals surface area (Å²) in [4.78, 5) is 18.2. The highest BCUT2D eigenvalue weighted by Gasteiger charge is 2.45. The van der Waals surface area contributed by atoms with Gasteiger partial charge in [-0.1, -0.05) is 0 Å². The van der Waals surface area contributed by atoms with Gasteiger partial charge in [0.1, 0.15) is 0 Å². The molecular weight excluding hydrogens is 334 g/mol. The molecule has 0 radical (unpaired) electrons. The second-order valence-corrected chi connectivity index (χ2v) is 8.51. The van der Waals surface area contributed by atoms with Crippen molar-refractivity contribution in [3.63, 3.8) is 0 Å². The van der Waals surface area contributed by atoms with E-state index < -0.39 is 10.0 Å². The van der Waals surface area contributed by atoms with E-state index in [0.29, 0.717) is 18.8 Å². The Morgan fingerprint density at radius 3 is 2.96 bits per heavy atom. The molecule has 8 nitrogen and oxygen atoms in total. The Labute approximate surface area is 141 Å². The van der Waals surface area contributed by atoms with Crippen LogP contribution in [0.3, 0.4) is 0 Å². The highest BCUT2D eigenvalue weighted by molar-refractivity contribution is 7.88. The number of nitrogens with zero attached hydrogens (tertiary/aromatic N) is 2. The molecule has 0 aromatic carbocycles. The Hall–Kier alpha value is -1.45. The van der Waals surface area contributed by atoms with E-state index >= 15 is 0 Å². The number of carbonyl (C=O) groups excluding carboxylic acids is 1. The maximum atomic E-state index is 12.5. The second-order valence-electron chi connectivity index (χ2n) is 6.68. The van der Waals surface area contributed by atoms with Crippen LogP contribution in [0.4, 0.5) is 0 Å². The number of sulfonamides is 1. The summed E-state index contributed by atoms with van der Waals surface area (Å²) in [5, 5.41) is 0. The molecule has 1 N–H and O–H groups in total. The van der Waals surface area contributed by atoms with Crippen LogP contribution in [0.2, 0.25) is 0 Å². The van der Waals surface area contributed by atoms with Crippen molar-refractivity contribution in [3.8, 4) is 0 Å². The van der Waals surface area contributed by atoms with Gasteiger partial charge >= 0.3 is 0 Å². The first-order valence-corrected chi connectivity index (χ1v) is 9.99. The lowest BCUT2D eigenvalue weighted by Gasteiger charge is -2.38. The van der Waals surface area contributed by atoms with Gasteiger partial charge in [0.05, 0.1) is 30.2 Å². The fourth-order valence-corrected chi connectivity index (χ4v) is 3.97. The number of carbonyl (C=O) groups is 1. The monoisotopic (exact) mass is 357 g/mol. The summed E-state index contributed by atoms with van der Waals surface area (Å²) in [6, 6.07) is 0. The quantitative estimate of drug-likeness (QED) is 0.850. The van der Waals surface area contributed by atoms with Gasteiger partial charge in [0.2, 0.25) is 15.8 Å². The zero-order valence-electron chi connectivity index (χ0n) is 13.9. The molecule has 3 rings (SSSR count). The molecule has 0 saturated carbocycles. The summed E-state index contributed by atoms with van der Waals surface area (Å²) < 4.78 is 36.4. The smallest absolute Gasteiger partial charge is 0.291 e. The van der Waals surface area contributed by atoms with Crippen molar-refractivity contribution in [2.24, 2.45) is 0 Å². The van der Waals surface area contributed by atoms with Crippen LogP contribution < -0.4 is 4.72 Å². The second kappa shape index (κ2) is 6.45. The number of nitrogens with one attached hydrogen (secondary N) is 1. The molecule has 0 bridgehead atoms. The summed E-state index contributed by atoms with van der Waals surface area (Å²) in [7, 11) is -3.23. The van der Waals surface area contributed by atoms with Gasteiger partial charge in [0.25, 0.3) is 5.91 Å². The molecule has 2 aliphatic heterocycles. The first kappa shape index (κ1) is 17.4. The van der Waals surface area contributed by atoms with E-state index in [1.165, 1.54) is 6.39 Å². The lowest BCUT2D eigenvalue weighted by molar-refractivity contribution is -0.116. The predicted octanol–water partition coefficient (Wildman–Crippen LogP) is 0.686. The molecule has 3 heterocycles. The first-order chi connectivity index (χ1) is 11.3. The van der Waals surface area contributed by atoms with E-state index in [4.69, 9.17) is 9.15 Å². The Kier molecular flexibility index (Phi) is 4.67. The molecule has 1 aromatic rings. The Morgan fingerprint density at radius 1 is 1.50 bits per heavy atom. The summed E-state index contributed by atoms with van der Waals surface area (Å²) in [5.74, 6) is 0.111. The predicted molar refractivity (Wildman–Crippen MR) is 86.1 cm³/mol. The van der Waals surface area contributed by atoms with Crippen molar-refractivity contribution in [1.29, 1.82) is 0 Å². The molecule has 1 amide bonds. The molecule has 2 aliphatic rings. The van der Waals surface area contributed by atoms with Crippen LogP contribution in [0, 0.1) is 6.92 Å². The van der Waals surface area contributed by atoms with Crippen molar-refractivity contribution in [3.05, 3.63) is 17.8 Å². The molecular formula is C15H23N3O5S. The third-order valence-electron chi connectivity index (χ3n) is 4.69. The molecule has 2 fully saturated rings. The lowest BCUT2D eigenvalue weighted by Crippen LogP contribution is -2.47. The maximum Gasteiger partial charge on any atom is 0.291 e. The standard InChI is InChI=1S/C15H23N3O5S/c1-11-13(22-10-16-11)14(19)18-7-6-15(9-18)5-3-4-12(23-15)8-17-24(2,20)21/h10,12,17H,3-9H2,1-2H3/t12-,15-/m1/s1. The molecule has 9 heteroatoms. The van der Waals surface area contributed by atoms with E-state index in [1.54, 1.807) is 11.8 Å². The van der Waals surface area contributed by atoms with Crippen molar-refractivity contribution < 1.29 is 22.4 Å². The van der Waals surface area contributed by atoms with Crippen LogP contribution >= 0.6 is 0 Å². The molecule has 134 valence electrons. The Bertz CT molecular complexity index is 716. The van der Waals surface area contributed by atoms with Crippen molar-refractivity contribution in [2.75, 3.05) is 25.9 Å². The zero-order valence-corrected chi connectivity index (χ0v) is 14.8. The van der Waals surface area contributed by atoms with Gasteiger partial charge in [-0.15, -0.1) is 0 Å². The number of aromatic nitrogens is 1. The number of rotatable bonds is 4. The van der Waals surface area contributed by atoms with Gasteiger partial charge in [-0.3, -0.25) is 4.79 Å². The fourth-order valence-electron chi connectivity index (χ4n) is 3.48. The van der Waals surface area contributed by atoms with Crippen molar-refractivity contribution >= 4 is 15.9 Å². The number of likely N-dealkylation sites (tertiary alicyclic amines) is 1. The SMILES string of the molecule is Cc1ncoc1C(=O)N1CC[C@]2(CCC[C@H](CNS(C)(=O)=O)O2)C1. The number of hydrogen-bond donors (Lipinski definition) is 1. The summed E-state index contributed by atoms with van der Waals surface area (Å²) in [6.45, 7) is 3.12. The maximum absolute atomic E-state index is 12.5. The van der Waals surface area contributed by atoms with Crippen LogP contribution in [0.15, 0.2) is 10.8 Å². The molecule has 1 aromatic heterocycles. The number of amides is 1. The molecule has 2 atom stereocenters. The zero-order chi connectivity index (χ0) is 17.4. The normalized spacial score (nSPS) is 27.8. The van der Waals surface area contributed by atoms with Crippen LogP contribution in [0.1, 0.15) is 41.9 Å². The molecule has 24 heavy (non-hydrogen) atoms. The number of aryl methyl sites for hydroxylation is 1. The van der Waals surface area contributed by atoms with Gasteiger partial charge in [-0.25, -0.2) is 18.1 Å². The van der Waals surface area contributed by atoms with Gasteiger partial charge in [0.15, 0.2) is 6.39 Å². The summed E-state index contributed by atoms with van der Waals surface area (Å²) in [5.41, 5.74) is 0.201. The highest BCUT2D eigenvalue weighted by Crippen LogP contribution is 2.37. The van der Waals surface area contributed by atoms with Crippen LogP contribution in [-0.2, 0) is 14.8 Å². The van der Waals surface area contributed by atoms with E-state index in [0.717, 1.165) is 31.9 Å². The fraction of sp³-hybridized carbons (Fsp3) is 0.733. The average molecular weight is 357 g/mol. The van der Waals surface area contributed by atoms with Crippen LogP contribution in [0.5, 0.6) is 0 Å². The minimum atomic E-state index is -3.23. The third kappa shape index (κ3) is 3.79. The van der Waals surface area contributed by atoms with Crippen LogP contribution in [0.25, 0.3) is 0 Å². The van der Waals surface area contributed by atoms with Gasteiger partial charge in [0, 0.05) is 13.1 Å². The average Bonchev–Trinajstić information content (AvgIpc) is 3.11. The van der Waals surface area contributed by atoms with E-state index in [9.17, 15) is 13.2 Å². The third-order valence-corrected chi connectivity index (χ3v) is 5.38. The van der Waals surface area contributed by atoms with E-state index in [1.807, 2.05) is 0 Å². The number of hydrogen-bond acceptors (Lipinski definition) is 6. The molecule has 0 aliphatic carbocycles. The highest BCUT2D eigenvalue weighted by atomic mass is 32.2. The van der Waals surface area contributed by atoms with Crippen molar-refractivity contribution in [2.45, 2.75) is 44.3 Å². The van der Waals surface area contributed by atoms with Crippen LogP contribution in [-0.4, -0.2) is 61.8 Å². The molecule has 2 saturated heterocycles.